The summed E-state index contributed by atoms with van der Waals surface area (Å²) in [5, 5.41) is 5.37. The molecule has 0 bridgehead atoms. The van der Waals surface area contributed by atoms with E-state index in [9.17, 15) is 23.6 Å². The number of methoxy groups -OCH3 is 1. The van der Waals surface area contributed by atoms with Gasteiger partial charge in [0.2, 0.25) is 11.8 Å². The van der Waals surface area contributed by atoms with Gasteiger partial charge in [0.15, 0.2) is 11.7 Å². The summed E-state index contributed by atoms with van der Waals surface area (Å²) in [6.45, 7) is 2.92. The number of hydrogen-bond acceptors (Lipinski definition) is 6. The molecule has 1 fully saturated rings. The van der Waals surface area contributed by atoms with Gasteiger partial charge in [-0.05, 0) is 55.9 Å². The first-order valence-corrected chi connectivity index (χ1v) is 12.3. The fourth-order valence-electron chi connectivity index (χ4n) is 4.14. The number of amides is 3. The molecule has 1 saturated heterocycles. The zero-order valence-corrected chi connectivity index (χ0v) is 21.5. The molecule has 37 heavy (non-hydrogen) atoms. The first-order valence-electron chi connectivity index (χ1n) is 12.3. The highest BCUT2D eigenvalue weighted by molar-refractivity contribution is 5.99. The summed E-state index contributed by atoms with van der Waals surface area (Å²) in [5.74, 6) is -1.88. The summed E-state index contributed by atoms with van der Waals surface area (Å²) in [6.07, 6.45) is 1.47. The fourth-order valence-corrected chi connectivity index (χ4v) is 4.14. The van der Waals surface area contributed by atoms with Gasteiger partial charge < -0.3 is 31.7 Å². The van der Waals surface area contributed by atoms with Crippen LogP contribution in [0.15, 0.2) is 29.3 Å². The molecule has 1 aromatic carbocycles. The molecule has 0 spiro atoms. The van der Waals surface area contributed by atoms with Gasteiger partial charge in [-0.2, -0.15) is 0 Å². The van der Waals surface area contributed by atoms with E-state index in [1.807, 2.05) is 0 Å². The van der Waals surface area contributed by atoms with Gasteiger partial charge in [0.1, 0.15) is 24.5 Å². The van der Waals surface area contributed by atoms with Crippen LogP contribution in [0.2, 0.25) is 0 Å². The number of alkyl halides is 1. The van der Waals surface area contributed by atoms with Gasteiger partial charge in [-0.1, -0.05) is 13.8 Å². The Bertz CT molecular complexity index is 980. The lowest BCUT2D eigenvalue weighted by Gasteiger charge is -2.31. The predicted octanol–water partition coefficient (Wildman–Crippen LogP) is 0.518. The van der Waals surface area contributed by atoms with Crippen molar-refractivity contribution in [2.45, 2.75) is 57.7 Å². The number of nitrogens with two attached hydrogens (primary N) is 2. The van der Waals surface area contributed by atoms with E-state index in [0.717, 1.165) is 0 Å². The van der Waals surface area contributed by atoms with Crippen molar-refractivity contribution in [3.8, 4) is 5.75 Å². The second-order valence-corrected chi connectivity index (χ2v) is 9.22. The third kappa shape index (κ3) is 8.43. The minimum Gasteiger partial charge on any atom is -0.497 e. The molecule has 0 aromatic heterocycles. The number of ketones is 1. The molecule has 1 aromatic rings. The van der Waals surface area contributed by atoms with Crippen LogP contribution >= 0.6 is 0 Å². The Balaban J connectivity index is 2.09. The lowest BCUT2D eigenvalue weighted by molar-refractivity contribution is -0.141. The molecule has 3 amide bonds. The number of hydrogen-bond donors (Lipinski definition) is 4. The fraction of sp³-hybridized carbons (Fsp3) is 0.560. The van der Waals surface area contributed by atoms with Gasteiger partial charge in [0.25, 0.3) is 5.91 Å². The quantitative estimate of drug-likeness (QED) is 0.167. The van der Waals surface area contributed by atoms with E-state index >= 15 is 0 Å². The Morgan fingerprint density at radius 3 is 2.41 bits per heavy atom. The monoisotopic (exact) mass is 520 g/mol. The van der Waals surface area contributed by atoms with Crippen LogP contribution in [0, 0.1) is 5.92 Å². The van der Waals surface area contributed by atoms with Crippen LogP contribution < -0.4 is 26.8 Å². The number of nitrogens with one attached hydrogen (secondary N) is 2. The number of aliphatic imine (C=N–C) groups is 1. The molecule has 6 N–H and O–H groups in total. The normalized spacial score (nSPS) is 16.6. The molecule has 12 heteroatoms. The van der Waals surface area contributed by atoms with Crippen LogP contribution in [0.5, 0.6) is 5.75 Å². The third-order valence-corrected chi connectivity index (χ3v) is 6.19. The number of carbonyl (C=O) groups is 4. The van der Waals surface area contributed by atoms with Crippen molar-refractivity contribution in [3.05, 3.63) is 29.8 Å². The van der Waals surface area contributed by atoms with Crippen LogP contribution in [0.1, 0.15) is 49.9 Å². The number of nitrogens with zero attached hydrogens (tertiary/aromatic N) is 2. The van der Waals surface area contributed by atoms with Crippen molar-refractivity contribution in [2.24, 2.45) is 22.4 Å². The first-order chi connectivity index (χ1) is 17.6. The van der Waals surface area contributed by atoms with Crippen molar-refractivity contribution in [3.63, 3.8) is 0 Å². The maximum absolute atomic E-state index is 13.5. The largest absolute Gasteiger partial charge is 0.497 e. The molecular formula is C25H37FN6O5. The molecule has 11 nitrogen and oxygen atoms in total. The molecule has 1 aliphatic rings. The zero-order chi connectivity index (χ0) is 27.5. The molecule has 3 atom stereocenters. The number of carbonyl (C=O) groups excluding carboxylic acids is 4. The first kappa shape index (κ1) is 29.5. The van der Waals surface area contributed by atoms with Crippen LogP contribution in [0.4, 0.5) is 4.39 Å². The number of rotatable bonds is 13. The smallest absolute Gasteiger partial charge is 0.251 e. The van der Waals surface area contributed by atoms with Crippen LogP contribution in [0.25, 0.3) is 0 Å². The van der Waals surface area contributed by atoms with Crippen LogP contribution in [-0.4, -0.2) is 79.4 Å². The van der Waals surface area contributed by atoms with Gasteiger partial charge in [-0.25, -0.2) is 4.39 Å². The second kappa shape index (κ2) is 14.1. The van der Waals surface area contributed by atoms with Gasteiger partial charge in [0.05, 0.1) is 13.2 Å². The minimum absolute atomic E-state index is 0.101. The topological polar surface area (TPSA) is 169 Å². The Labute approximate surface area is 216 Å². The average Bonchev–Trinajstić information content (AvgIpc) is 3.38. The highest BCUT2D eigenvalue weighted by atomic mass is 19.1. The minimum atomic E-state index is -1.23. The number of ether oxygens (including phenoxy) is 1. The van der Waals surface area contributed by atoms with Crippen molar-refractivity contribution >= 4 is 29.5 Å². The number of Topliss-reactive ketones (excluding diaryl/α,β-unsaturated/α-hetero) is 1. The Kier molecular flexibility index (Phi) is 11.3. The molecule has 0 saturated carbocycles. The maximum Gasteiger partial charge on any atom is 0.251 e. The summed E-state index contributed by atoms with van der Waals surface area (Å²) >= 11 is 0. The Morgan fingerprint density at radius 2 is 1.84 bits per heavy atom. The van der Waals surface area contributed by atoms with Gasteiger partial charge in [-0.15, -0.1) is 0 Å². The maximum atomic E-state index is 13.5. The molecule has 3 unspecified atom stereocenters. The van der Waals surface area contributed by atoms with Crippen LogP contribution in [-0.2, 0) is 14.4 Å². The summed E-state index contributed by atoms with van der Waals surface area (Å²) in [7, 11) is 1.52. The predicted molar refractivity (Wildman–Crippen MR) is 137 cm³/mol. The molecule has 2 rings (SSSR count). The third-order valence-electron chi connectivity index (χ3n) is 6.19. The van der Waals surface area contributed by atoms with E-state index < -0.39 is 48.3 Å². The summed E-state index contributed by atoms with van der Waals surface area (Å²) in [4.78, 5) is 56.7. The molecule has 1 heterocycles. The number of halogens is 1. The Morgan fingerprint density at radius 1 is 1.16 bits per heavy atom. The van der Waals surface area contributed by atoms with Crippen molar-refractivity contribution in [2.75, 3.05) is 26.9 Å². The number of likely N-dealkylation sites (tertiary alicyclic amines) is 1. The lowest BCUT2D eigenvalue weighted by atomic mass is 10.0. The summed E-state index contributed by atoms with van der Waals surface area (Å²) in [5.41, 5.74) is 10.9. The number of benzene rings is 1. The van der Waals surface area contributed by atoms with Gasteiger partial charge in [0, 0.05) is 18.7 Å². The van der Waals surface area contributed by atoms with Crippen LogP contribution in [0.3, 0.4) is 0 Å². The van der Waals surface area contributed by atoms with E-state index in [-0.39, 0.29) is 24.8 Å². The highest BCUT2D eigenvalue weighted by Crippen LogP contribution is 2.21. The second-order valence-electron chi connectivity index (χ2n) is 9.22. The van der Waals surface area contributed by atoms with Gasteiger partial charge in [-0.3, -0.25) is 24.2 Å². The number of guanidine groups is 1. The van der Waals surface area contributed by atoms with E-state index in [1.54, 1.807) is 38.1 Å². The van der Waals surface area contributed by atoms with E-state index in [0.29, 0.717) is 37.1 Å². The SMILES string of the molecule is COc1ccc(C(=O)NC(C(=O)N2CCCC2C(=O)NC(CCCN=C(N)N)C(=O)CF)C(C)C)cc1. The van der Waals surface area contributed by atoms with Crippen molar-refractivity contribution in [1.29, 1.82) is 0 Å². The Hall–Kier alpha value is -3.70. The average molecular weight is 521 g/mol. The highest BCUT2D eigenvalue weighted by Gasteiger charge is 2.39. The summed E-state index contributed by atoms with van der Waals surface area (Å²) in [6, 6.07) is 3.72. The van der Waals surface area contributed by atoms with E-state index in [1.165, 1.54) is 12.0 Å². The summed E-state index contributed by atoms with van der Waals surface area (Å²) < 4.78 is 18.2. The van der Waals surface area contributed by atoms with Crippen molar-refractivity contribution < 1.29 is 28.3 Å². The molecule has 1 aliphatic heterocycles. The van der Waals surface area contributed by atoms with E-state index in [4.69, 9.17) is 16.2 Å². The molecule has 204 valence electrons. The standard InChI is InChI=1S/C25H37FN6O5/c1-15(2)21(31-22(34)16-8-10-17(37-3)11-9-16)24(36)32-13-5-7-19(32)23(35)30-18(20(33)14-26)6-4-12-29-25(27)28/h8-11,15,18-19,21H,4-7,12-14H2,1-3H3,(H,30,35)(H,31,34)(H4,27,28,29). The van der Waals surface area contributed by atoms with E-state index in [2.05, 4.69) is 15.6 Å². The zero-order valence-electron chi connectivity index (χ0n) is 21.5. The molecule has 0 radical (unpaired) electrons. The molecule has 0 aliphatic carbocycles. The van der Waals surface area contributed by atoms with Crippen molar-refractivity contribution in [1.82, 2.24) is 15.5 Å². The lowest BCUT2D eigenvalue weighted by Crippen LogP contribution is -2.56. The van der Waals surface area contributed by atoms with Gasteiger partial charge >= 0.3 is 0 Å². The molecular weight excluding hydrogens is 483 g/mol.